The Morgan fingerprint density at radius 3 is 2.31 bits per heavy atom. The fourth-order valence-corrected chi connectivity index (χ4v) is 4.95. The molecule has 0 bridgehead atoms. The number of carbonyl (C=O) groups is 2. The number of para-hydroxylation sites is 1. The number of carboxylic acids is 1. The highest BCUT2D eigenvalue weighted by Gasteiger charge is 2.52. The molecule has 1 aliphatic rings. The summed E-state index contributed by atoms with van der Waals surface area (Å²) in [5.74, 6) is -1.13. The Labute approximate surface area is 186 Å². The Morgan fingerprint density at radius 1 is 0.812 bits per heavy atom. The second kappa shape index (κ2) is 7.97. The summed E-state index contributed by atoms with van der Waals surface area (Å²) < 4.78 is 0. The first-order valence-corrected chi connectivity index (χ1v) is 10.7. The predicted molar refractivity (Wildman–Crippen MR) is 126 cm³/mol. The molecule has 0 unspecified atom stereocenters. The smallest absolute Gasteiger partial charge is 0.304 e. The van der Waals surface area contributed by atoms with Crippen LogP contribution in [0.25, 0.3) is 10.8 Å². The average molecular weight is 421 g/mol. The van der Waals surface area contributed by atoms with Gasteiger partial charge in [0.1, 0.15) is 0 Å². The summed E-state index contributed by atoms with van der Waals surface area (Å²) in [6.45, 7) is 0.410. The molecular formula is C28H23NO3. The van der Waals surface area contributed by atoms with Gasteiger partial charge < -0.3 is 10.0 Å². The third kappa shape index (κ3) is 3.34. The molecule has 32 heavy (non-hydrogen) atoms. The van der Waals surface area contributed by atoms with Gasteiger partial charge in [-0.3, -0.25) is 9.59 Å². The molecular weight excluding hydrogens is 398 g/mol. The Hall–Kier alpha value is -3.92. The molecule has 4 heteroatoms. The zero-order chi connectivity index (χ0) is 22.1. The normalized spacial score (nSPS) is 17.5. The van der Waals surface area contributed by atoms with Crippen LogP contribution in [0.15, 0.2) is 97.1 Å². The number of aliphatic carboxylic acids is 1. The molecule has 1 N–H and O–H groups in total. The van der Waals surface area contributed by atoms with Crippen molar-refractivity contribution in [3.63, 3.8) is 0 Å². The second-order valence-electron chi connectivity index (χ2n) is 8.36. The van der Waals surface area contributed by atoms with Gasteiger partial charge in [0.2, 0.25) is 5.91 Å². The zero-order valence-electron chi connectivity index (χ0n) is 17.6. The highest BCUT2D eigenvalue weighted by molar-refractivity contribution is 6.10. The van der Waals surface area contributed by atoms with Crippen LogP contribution in [0.5, 0.6) is 0 Å². The van der Waals surface area contributed by atoms with Crippen LogP contribution in [0.3, 0.4) is 0 Å². The number of fused-ring (bicyclic) bond motifs is 2. The summed E-state index contributed by atoms with van der Waals surface area (Å²) in [7, 11) is 0. The van der Waals surface area contributed by atoms with Gasteiger partial charge in [-0.2, -0.15) is 0 Å². The van der Waals surface area contributed by atoms with Crippen LogP contribution in [0.4, 0.5) is 5.69 Å². The van der Waals surface area contributed by atoms with Gasteiger partial charge in [-0.1, -0.05) is 91.0 Å². The maximum absolute atomic E-state index is 14.0. The third-order valence-electron chi connectivity index (χ3n) is 6.37. The number of nitrogens with zero attached hydrogens (tertiary/aromatic N) is 1. The number of carbonyl (C=O) groups excluding carboxylic acids is 1. The fourth-order valence-electron chi connectivity index (χ4n) is 4.95. The summed E-state index contributed by atoms with van der Waals surface area (Å²) in [5, 5.41) is 12.0. The topological polar surface area (TPSA) is 57.6 Å². The second-order valence-corrected chi connectivity index (χ2v) is 8.36. The first kappa shape index (κ1) is 20.0. The van der Waals surface area contributed by atoms with E-state index in [-0.39, 0.29) is 12.3 Å². The lowest BCUT2D eigenvalue weighted by atomic mass is 9.73. The van der Waals surface area contributed by atoms with Gasteiger partial charge in [0.25, 0.3) is 0 Å². The van der Waals surface area contributed by atoms with Crippen LogP contribution < -0.4 is 4.90 Å². The summed E-state index contributed by atoms with van der Waals surface area (Å²) in [4.78, 5) is 27.8. The quantitative estimate of drug-likeness (QED) is 0.457. The van der Waals surface area contributed by atoms with E-state index in [2.05, 4.69) is 0 Å². The van der Waals surface area contributed by atoms with Crippen molar-refractivity contribution in [1.82, 2.24) is 0 Å². The first-order valence-electron chi connectivity index (χ1n) is 10.7. The first-order chi connectivity index (χ1) is 15.6. The molecule has 0 fully saturated rings. The predicted octanol–water partition coefficient (Wildman–Crippen LogP) is 5.34. The van der Waals surface area contributed by atoms with Crippen LogP contribution in [0, 0.1) is 0 Å². The summed E-state index contributed by atoms with van der Waals surface area (Å²) in [5.41, 5.74) is 2.42. The summed E-state index contributed by atoms with van der Waals surface area (Å²) in [6, 6.07) is 31.5. The van der Waals surface area contributed by atoms with Gasteiger partial charge in [0.15, 0.2) is 0 Å². The molecule has 0 spiro atoms. The van der Waals surface area contributed by atoms with E-state index >= 15 is 0 Å². The lowest BCUT2D eigenvalue weighted by molar-refractivity contribution is -0.141. The molecule has 5 rings (SSSR count). The van der Waals surface area contributed by atoms with E-state index in [0.717, 1.165) is 33.2 Å². The van der Waals surface area contributed by atoms with Crippen molar-refractivity contribution in [3.05, 3.63) is 114 Å². The lowest BCUT2D eigenvalue weighted by Gasteiger charge is -2.28. The van der Waals surface area contributed by atoms with Gasteiger partial charge in [0.05, 0.1) is 18.4 Å². The van der Waals surface area contributed by atoms with Crippen LogP contribution >= 0.6 is 0 Å². The Bertz CT molecular complexity index is 1310. The minimum atomic E-state index is -1.15. The summed E-state index contributed by atoms with van der Waals surface area (Å²) >= 11 is 0. The van der Waals surface area contributed by atoms with Crippen LogP contribution in [-0.2, 0) is 28.0 Å². The molecule has 4 aromatic rings. The minimum absolute atomic E-state index is 0.155. The van der Waals surface area contributed by atoms with Crippen molar-refractivity contribution in [2.45, 2.75) is 24.8 Å². The van der Waals surface area contributed by atoms with Crippen LogP contribution in [-0.4, -0.2) is 17.0 Å². The molecule has 0 aliphatic carbocycles. The van der Waals surface area contributed by atoms with Gasteiger partial charge in [-0.05, 0) is 39.9 Å². The van der Waals surface area contributed by atoms with Crippen LogP contribution in [0.2, 0.25) is 0 Å². The molecule has 1 aliphatic heterocycles. The molecule has 1 atom stereocenters. The van der Waals surface area contributed by atoms with Crippen molar-refractivity contribution < 1.29 is 14.7 Å². The highest BCUT2D eigenvalue weighted by atomic mass is 16.4. The third-order valence-corrected chi connectivity index (χ3v) is 6.37. The average Bonchev–Trinajstić information content (AvgIpc) is 3.02. The molecule has 4 nitrogen and oxygen atoms in total. The fraction of sp³-hybridized carbons (Fsp3) is 0.143. The summed E-state index contributed by atoms with van der Waals surface area (Å²) in [6.07, 6.45) is 0.0825. The Morgan fingerprint density at radius 2 is 1.50 bits per heavy atom. The Balaban J connectivity index is 1.65. The number of hydrogen-bond donors (Lipinski definition) is 1. The number of hydrogen-bond acceptors (Lipinski definition) is 2. The van der Waals surface area contributed by atoms with Gasteiger partial charge in [-0.15, -0.1) is 0 Å². The maximum Gasteiger partial charge on any atom is 0.304 e. The number of anilines is 1. The zero-order valence-corrected chi connectivity index (χ0v) is 17.6. The molecule has 4 aromatic carbocycles. The highest BCUT2D eigenvalue weighted by Crippen LogP contribution is 2.47. The number of carboxylic acid groups (broad SMARTS) is 1. The molecule has 1 heterocycles. The SMILES string of the molecule is O=C(O)C[C@@]1(Cc2cccc3ccccc23)C(=O)N(Cc2ccccc2)c2ccccc21. The van der Waals surface area contributed by atoms with Gasteiger partial charge in [-0.25, -0.2) is 0 Å². The van der Waals surface area contributed by atoms with Crippen molar-refractivity contribution in [2.24, 2.45) is 0 Å². The number of rotatable bonds is 6. The minimum Gasteiger partial charge on any atom is -0.481 e. The maximum atomic E-state index is 14.0. The van der Waals surface area contributed by atoms with Crippen molar-refractivity contribution in [2.75, 3.05) is 4.90 Å². The van der Waals surface area contributed by atoms with E-state index in [1.54, 1.807) is 4.90 Å². The number of benzene rings is 4. The standard InChI is InChI=1S/C28H23NO3/c30-26(31)18-28(17-22-13-8-12-21-11-4-5-14-23(21)22)24-15-6-7-16-25(24)29(27(28)32)19-20-9-2-1-3-10-20/h1-16H,17-19H2,(H,30,31)/t28-/m1/s1. The van der Waals surface area contributed by atoms with Crippen LogP contribution in [0.1, 0.15) is 23.1 Å². The molecule has 1 amide bonds. The lowest BCUT2D eigenvalue weighted by Crippen LogP contribution is -2.43. The molecule has 0 saturated heterocycles. The monoisotopic (exact) mass is 421 g/mol. The van der Waals surface area contributed by atoms with E-state index in [1.807, 2.05) is 97.1 Å². The van der Waals surface area contributed by atoms with E-state index in [9.17, 15) is 14.7 Å². The largest absolute Gasteiger partial charge is 0.481 e. The molecule has 0 aromatic heterocycles. The van der Waals surface area contributed by atoms with E-state index in [1.165, 1.54) is 0 Å². The number of amides is 1. The Kier molecular flexibility index (Phi) is 4.98. The van der Waals surface area contributed by atoms with E-state index in [0.29, 0.717) is 13.0 Å². The molecule has 0 radical (unpaired) electrons. The van der Waals surface area contributed by atoms with Gasteiger partial charge >= 0.3 is 5.97 Å². The van der Waals surface area contributed by atoms with Gasteiger partial charge in [0, 0.05) is 5.69 Å². The van der Waals surface area contributed by atoms with E-state index in [4.69, 9.17) is 0 Å². The van der Waals surface area contributed by atoms with Crippen molar-refractivity contribution in [3.8, 4) is 0 Å². The molecule has 158 valence electrons. The van der Waals surface area contributed by atoms with Crippen molar-refractivity contribution >= 4 is 28.3 Å². The van der Waals surface area contributed by atoms with Crippen molar-refractivity contribution in [1.29, 1.82) is 0 Å². The van der Waals surface area contributed by atoms with E-state index < -0.39 is 11.4 Å². The molecule has 0 saturated carbocycles.